The van der Waals surface area contributed by atoms with Crippen molar-refractivity contribution in [1.29, 1.82) is 0 Å². The van der Waals surface area contributed by atoms with E-state index in [0.29, 0.717) is 17.5 Å². The molecule has 0 radical (unpaired) electrons. The molecule has 0 bridgehead atoms. The van der Waals surface area contributed by atoms with Crippen LogP contribution in [0.2, 0.25) is 0 Å². The highest BCUT2D eigenvalue weighted by atomic mass is 15.0. The number of hydrogen-bond donors (Lipinski definition) is 0. The monoisotopic (exact) mass is 702 g/mol. The summed E-state index contributed by atoms with van der Waals surface area (Å²) >= 11 is 0. The first-order valence-corrected chi connectivity index (χ1v) is 18.8. The maximum Gasteiger partial charge on any atom is 0.164 e. The summed E-state index contributed by atoms with van der Waals surface area (Å²) in [5.41, 5.74) is 12.6. The Kier molecular flexibility index (Phi) is 6.86. The Bertz CT molecular complexity index is 3090. The number of rotatable bonds is 5. The summed E-state index contributed by atoms with van der Waals surface area (Å²) in [5, 5.41) is 7.30. The molecule has 8 aromatic carbocycles. The Morgan fingerprint density at radius 1 is 0.382 bits per heavy atom. The van der Waals surface area contributed by atoms with E-state index >= 15 is 0 Å². The molecule has 0 spiro atoms. The van der Waals surface area contributed by atoms with Crippen molar-refractivity contribution in [3.63, 3.8) is 0 Å². The van der Waals surface area contributed by atoms with Crippen LogP contribution in [0.4, 0.5) is 0 Å². The molecular weight excluding hydrogens is 669 g/mol. The van der Waals surface area contributed by atoms with E-state index in [9.17, 15) is 0 Å². The molecule has 0 fully saturated rings. The van der Waals surface area contributed by atoms with Crippen molar-refractivity contribution in [1.82, 2.24) is 19.9 Å². The Balaban J connectivity index is 1.05. The number of nitrogens with zero attached hydrogens (tertiary/aromatic N) is 4. The molecule has 2 heterocycles. The molecule has 0 N–H and O–H groups in total. The van der Waals surface area contributed by atoms with Gasteiger partial charge in [-0.2, -0.15) is 0 Å². The van der Waals surface area contributed by atoms with Crippen LogP contribution in [0.25, 0.3) is 99.9 Å². The van der Waals surface area contributed by atoms with E-state index in [0.717, 1.165) is 38.8 Å². The molecule has 11 rings (SSSR count). The summed E-state index contributed by atoms with van der Waals surface area (Å²) in [5.74, 6) is 1.91. The zero-order valence-corrected chi connectivity index (χ0v) is 30.5. The second-order valence-electron chi connectivity index (χ2n) is 15.1. The van der Waals surface area contributed by atoms with Gasteiger partial charge in [0.1, 0.15) is 0 Å². The predicted octanol–water partition coefficient (Wildman–Crippen LogP) is 12.8. The lowest BCUT2D eigenvalue weighted by Crippen LogP contribution is -2.14. The molecule has 10 aromatic rings. The van der Waals surface area contributed by atoms with Crippen LogP contribution in [0.15, 0.2) is 170 Å². The van der Waals surface area contributed by atoms with Crippen LogP contribution in [0, 0.1) is 0 Å². The third kappa shape index (κ3) is 4.99. The van der Waals surface area contributed by atoms with Gasteiger partial charge in [-0.05, 0) is 95.5 Å². The van der Waals surface area contributed by atoms with Crippen molar-refractivity contribution in [3.05, 3.63) is 181 Å². The van der Waals surface area contributed by atoms with Crippen molar-refractivity contribution in [2.75, 3.05) is 0 Å². The second kappa shape index (κ2) is 12.0. The van der Waals surface area contributed by atoms with Gasteiger partial charge < -0.3 is 0 Å². The van der Waals surface area contributed by atoms with Crippen molar-refractivity contribution in [3.8, 4) is 67.5 Å². The largest absolute Gasteiger partial charge is 0.264 e. The fourth-order valence-electron chi connectivity index (χ4n) is 8.75. The number of fused-ring (bicyclic) bond motifs is 3. The summed E-state index contributed by atoms with van der Waals surface area (Å²) in [6, 6.07) is 56.5. The van der Waals surface area contributed by atoms with E-state index in [4.69, 9.17) is 15.0 Å². The molecule has 4 nitrogen and oxygen atoms in total. The molecule has 2 aromatic heterocycles. The van der Waals surface area contributed by atoms with Gasteiger partial charge in [0.2, 0.25) is 0 Å². The van der Waals surface area contributed by atoms with Crippen molar-refractivity contribution >= 4 is 32.3 Å². The molecule has 0 saturated heterocycles. The average Bonchev–Trinajstić information content (AvgIpc) is 3.48. The fourth-order valence-corrected chi connectivity index (χ4v) is 8.75. The van der Waals surface area contributed by atoms with Gasteiger partial charge in [-0.1, -0.05) is 147 Å². The third-order valence-corrected chi connectivity index (χ3v) is 11.6. The van der Waals surface area contributed by atoms with Crippen LogP contribution in [0.1, 0.15) is 25.0 Å². The molecule has 0 aliphatic heterocycles. The lowest BCUT2D eigenvalue weighted by Gasteiger charge is -2.22. The standard InChI is InChI=1S/C51H34N4/c1-51(2)44-14-4-3-13-40(44)41-24-23-37(29-45(41)51)31-15-19-35(20-16-31)48-53-49(38-11-6-10-36(28-38)39-12-7-27-52-30-39)55-50(54-48)43-26-22-34-18-17-32-8-5-9-33-21-25-42(43)47(34)46(32)33/h3-30H,1-2H3. The highest BCUT2D eigenvalue weighted by molar-refractivity contribution is 6.25. The maximum absolute atomic E-state index is 5.22. The smallest absolute Gasteiger partial charge is 0.164 e. The molecule has 4 heteroatoms. The summed E-state index contributed by atoms with van der Waals surface area (Å²) < 4.78 is 0. The van der Waals surface area contributed by atoms with Crippen LogP contribution < -0.4 is 0 Å². The van der Waals surface area contributed by atoms with Crippen molar-refractivity contribution in [2.45, 2.75) is 19.3 Å². The van der Waals surface area contributed by atoms with Gasteiger partial charge >= 0.3 is 0 Å². The highest BCUT2D eigenvalue weighted by Crippen LogP contribution is 2.49. The molecule has 258 valence electrons. The van der Waals surface area contributed by atoms with Gasteiger partial charge in [-0.25, -0.2) is 15.0 Å². The zero-order chi connectivity index (χ0) is 36.7. The van der Waals surface area contributed by atoms with Crippen LogP contribution in [0.3, 0.4) is 0 Å². The minimum absolute atomic E-state index is 0.0565. The SMILES string of the molecule is CC1(C)c2ccccc2-c2ccc(-c3ccc(-c4nc(-c5cccc(-c6cccnc6)c5)nc(-c5ccc6ccc7cccc8ccc5c6c78)n4)cc3)cc21. The first-order valence-electron chi connectivity index (χ1n) is 18.8. The lowest BCUT2D eigenvalue weighted by atomic mass is 9.81. The van der Waals surface area contributed by atoms with Gasteiger partial charge in [0.05, 0.1) is 0 Å². The lowest BCUT2D eigenvalue weighted by molar-refractivity contribution is 0.660. The van der Waals surface area contributed by atoms with Crippen LogP contribution in [-0.4, -0.2) is 19.9 Å². The van der Waals surface area contributed by atoms with E-state index in [1.165, 1.54) is 54.7 Å². The molecule has 1 aliphatic carbocycles. The van der Waals surface area contributed by atoms with Crippen molar-refractivity contribution < 1.29 is 0 Å². The van der Waals surface area contributed by atoms with E-state index in [-0.39, 0.29) is 5.41 Å². The summed E-state index contributed by atoms with van der Waals surface area (Å²) in [6.07, 6.45) is 3.68. The molecule has 1 aliphatic rings. The average molecular weight is 703 g/mol. The first-order chi connectivity index (χ1) is 27.0. The summed E-state index contributed by atoms with van der Waals surface area (Å²) in [7, 11) is 0. The summed E-state index contributed by atoms with van der Waals surface area (Å²) in [6.45, 7) is 4.65. The van der Waals surface area contributed by atoms with Crippen LogP contribution >= 0.6 is 0 Å². The number of aromatic nitrogens is 4. The van der Waals surface area contributed by atoms with Crippen molar-refractivity contribution in [2.24, 2.45) is 0 Å². The normalized spacial score (nSPS) is 13.1. The minimum Gasteiger partial charge on any atom is -0.264 e. The topological polar surface area (TPSA) is 51.6 Å². The Labute approximate surface area is 319 Å². The quantitative estimate of drug-likeness (QED) is 0.168. The molecule has 0 atom stereocenters. The second-order valence-corrected chi connectivity index (χ2v) is 15.1. The van der Waals surface area contributed by atoms with Crippen LogP contribution in [-0.2, 0) is 5.41 Å². The Morgan fingerprint density at radius 3 is 1.80 bits per heavy atom. The highest BCUT2D eigenvalue weighted by Gasteiger charge is 2.35. The summed E-state index contributed by atoms with van der Waals surface area (Å²) in [4.78, 5) is 19.9. The van der Waals surface area contributed by atoms with Gasteiger partial charge in [0.25, 0.3) is 0 Å². The van der Waals surface area contributed by atoms with E-state index in [1.54, 1.807) is 6.20 Å². The zero-order valence-electron chi connectivity index (χ0n) is 30.5. The van der Waals surface area contributed by atoms with Gasteiger partial charge in [0, 0.05) is 40.1 Å². The Morgan fingerprint density at radius 2 is 0.982 bits per heavy atom. The Hall–Kier alpha value is -7.04. The molecule has 0 unspecified atom stereocenters. The number of pyridine rings is 1. The molecule has 0 saturated carbocycles. The number of benzene rings is 8. The van der Waals surface area contributed by atoms with Gasteiger partial charge in [0.15, 0.2) is 17.5 Å². The molecule has 55 heavy (non-hydrogen) atoms. The van der Waals surface area contributed by atoms with E-state index < -0.39 is 0 Å². The first kappa shape index (κ1) is 31.5. The number of hydrogen-bond acceptors (Lipinski definition) is 4. The van der Waals surface area contributed by atoms with Crippen LogP contribution in [0.5, 0.6) is 0 Å². The third-order valence-electron chi connectivity index (χ3n) is 11.6. The van der Waals surface area contributed by atoms with E-state index in [1.807, 2.05) is 12.3 Å². The molecule has 0 amide bonds. The van der Waals surface area contributed by atoms with E-state index in [2.05, 4.69) is 170 Å². The maximum atomic E-state index is 5.22. The predicted molar refractivity (Wildman–Crippen MR) is 226 cm³/mol. The molecular formula is C51H34N4. The minimum atomic E-state index is -0.0565. The van der Waals surface area contributed by atoms with Gasteiger partial charge in [-0.15, -0.1) is 0 Å². The van der Waals surface area contributed by atoms with Gasteiger partial charge in [-0.3, -0.25) is 4.98 Å². The fraction of sp³-hybridized carbons (Fsp3) is 0.0588.